The summed E-state index contributed by atoms with van der Waals surface area (Å²) in [6.07, 6.45) is 5.88. The first kappa shape index (κ1) is 16.7. The number of rotatable bonds is 3. The Hall–Kier alpha value is -2.80. The van der Waals surface area contributed by atoms with Crippen LogP contribution in [0.3, 0.4) is 0 Å². The minimum Gasteiger partial charge on any atom is -0.379 e. The molecule has 134 valence electrons. The lowest BCUT2D eigenvalue weighted by atomic mass is 9.98. The summed E-state index contributed by atoms with van der Waals surface area (Å²) in [5.41, 5.74) is 2.78. The number of hydrogen-bond donors (Lipinski definition) is 1. The maximum Gasteiger partial charge on any atom is 0.257 e. The molecule has 0 saturated carbocycles. The number of fused-ring (bicyclic) bond motifs is 1. The van der Waals surface area contributed by atoms with Gasteiger partial charge in [0, 0.05) is 36.8 Å². The van der Waals surface area contributed by atoms with E-state index in [-0.39, 0.29) is 11.8 Å². The fourth-order valence-corrected chi connectivity index (χ4v) is 3.33. The van der Waals surface area contributed by atoms with Gasteiger partial charge in [-0.1, -0.05) is 6.07 Å². The molecular formula is C19H21N5O2. The topological polar surface area (TPSA) is 84.0 Å². The van der Waals surface area contributed by atoms with Crippen molar-refractivity contribution in [1.82, 2.24) is 25.1 Å². The van der Waals surface area contributed by atoms with E-state index in [1.54, 1.807) is 19.3 Å². The van der Waals surface area contributed by atoms with Gasteiger partial charge in [0.05, 0.1) is 30.5 Å². The van der Waals surface area contributed by atoms with Gasteiger partial charge in [0.25, 0.3) is 5.91 Å². The van der Waals surface area contributed by atoms with Gasteiger partial charge in [-0.3, -0.25) is 9.89 Å². The second-order valence-electron chi connectivity index (χ2n) is 6.71. The van der Waals surface area contributed by atoms with Gasteiger partial charge in [-0.15, -0.1) is 0 Å². The van der Waals surface area contributed by atoms with Crippen molar-refractivity contribution in [3.63, 3.8) is 0 Å². The van der Waals surface area contributed by atoms with Crippen LogP contribution >= 0.6 is 0 Å². The van der Waals surface area contributed by atoms with Crippen LogP contribution in [0.1, 0.15) is 21.7 Å². The van der Waals surface area contributed by atoms with E-state index in [0.29, 0.717) is 37.7 Å². The number of nitrogens with zero attached hydrogens (tertiary/aromatic N) is 4. The van der Waals surface area contributed by atoms with Crippen molar-refractivity contribution in [3.05, 3.63) is 53.7 Å². The van der Waals surface area contributed by atoms with E-state index in [1.807, 2.05) is 17.2 Å². The van der Waals surface area contributed by atoms with Crippen LogP contribution in [0.2, 0.25) is 0 Å². The summed E-state index contributed by atoms with van der Waals surface area (Å²) < 4.78 is 5.74. The van der Waals surface area contributed by atoms with Crippen molar-refractivity contribution in [1.29, 1.82) is 0 Å². The van der Waals surface area contributed by atoms with Gasteiger partial charge in [0.1, 0.15) is 5.82 Å². The molecule has 3 aromatic rings. The van der Waals surface area contributed by atoms with Crippen molar-refractivity contribution >= 4 is 16.8 Å². The molecule has 26 heavy (non-hydrogen) atoms. The van der Waals surface area contributed by atoms with Crippen molar-refractivity contribution in [2.45, 2.75) is 13.3 Å². The van der Waals surface area contributed by atoms with Crippen LogP contribution in [0, 0.1) is 12.8 Å². The number of hydrogen-bond acceptors (Lipinski definition) is 5. The summed E-state index contributed by atoms with van der Waals surface area (Å²) in [6, 6.07) is 6.29. The summed E-state index contributed by atoms with van der Waals surface area (Å²) in [7, 11) is 0. The summed E-state index contributed by atoms with van der Waals surface area (Å²) in [4.78, 5) is 22.9. The number of carbonyl (C=O) groups is 1. The van der Waals surface area contributed by atoms with Gasteiger partial charge in [-0.2, -0.15) is 5.10 Å². The maximum atomic E-state index is 12.8. The zero-order chi connectivity index (χ0) is 17.9. The number of aryl methyl sites for hydroxylation is 1. The van der Waals surface area contributed by atoms with Crippen molar-refractivity contribution < 1.29 is 9.53 Å². The van der Waals surface area contributed by atoms with E-state index in [1.165, 1.54) is 5.56 Å². The molecule has 7 nitrogen and oxygen atoms in total. The molecule has 1 amide bonds. The SMILES string of the molecule is Cc1ncc(C(=O)N2CCOC[C@H](Cc3ccc4[nH]ncc4c3)C2)cn1. The minimum atomic E-state index is -0.0363. The number of H-pyrrole nitrogens is 1. The van der Waals surface area contributed by atoms with E-state index in [0.717, 1.165) is 17.3 Å². The van der Waals surface area contributed by atoms with Crippen LogP contribution in [0.5, 0.6) is 0 Å². The second kappa shape index (κ2) is 7.21. The third-order valence-corrected chi connectivity index (χ3v) is 4.68. The number of ether oxygens (including phenoxy) is 1. The predicted octanol–water partition coefficient (Wildman–Crippen LogP) is 1.99. The Morgan fingerprint density at radius 3 is 3.00 bits per heavy atom. The van der Waals surface area contributed by atoms with Gasteiger partial charge >= 0.3 is 0 Å². The van der Waals surface area contributed by atoms with Crippen LogP contribution in [0.4, 0.5) is 0 Å². The van der Waals surface area contributed by atoms with Gasteiger partial charge < -0.3 is 9.64 Å². The van der Waals surface area contributed by atoms with Crippen LogP contribution < -0.4 is 0 Å². The Kier molecular flexibility index (Phi) is 4.62. The average Bonchev–Trinajstić information content (AvgIpc) is 2.99. The number of aromatic nitrogens is 4. The molecule has 0 spiro atoms. The third-order valence-electron chi connectivity index (χ3n) is 4.68. The predicted molar refractivity (Wildman–Crippen MR) is 96.8 cm³/mol. The summed E-state index contributed by atoms with van der Waals surface area (Å²) >= 11 is 0. The van der Waals surface area contributed by atoms with Gasteiger partial charge in [0.15, 0.2) is 0 Å². The standard InChI is InChI=1S/C19H21N5O2/c1-13-20-8-17(9-21-13)19(25)24-4-5-26-12-15(11-24)6-14-2-3-18-16(7-14)10-22-23-18/h2-3,7-10,15H,4-6,11-12H2,1H3,(H,22,23)/t15-/m1/s1. The van der Waals surface area contributed by atoms with Crippen molar-refractivity contribution in [2.75, 3.05) is 26.3 Å². The number of nitrogens with one attached hydrogen (secondary N) is 1. The van der Waals surface area contributed by atoms with Crippen LogP contribution in [-0.2, 0) is 11.2 Å². The highest BCUT2D eigenvalue weighted by atomic mass is 16.5. The number of benzene rings is 1. The Balaban J connectivity index is 1.48. The first-order valence-electron chi connectivity index (χ1n) is 8.77. The fourth-order valence-electron chi connectivity index (χ4n) is 3.33. The summed E-state index contributed by atoms with van der Waals surface area (Å²) in [6.45, 7) is 4.26. The van der Waals surface area contributed by atoms with E-state index in [4.69, 9.17) is 4.74 Å². The Labute approximate surface area is 151 Å². The average molecular weight is 351 g/mol. The van der Waals surface area contributed by atoms with E-state index < -0.39 is 0 Å². The Bertz CT molecular complexity index is 906. The molecule has 0 aliphatic carbocycles. The molecule has 1 saturated heterocycles. The van der Waals surface area contributed by atoms with Crippen LogP contribution in [0.25, 0.3) is 10.9 Å². The first-order chi connectivity index (χ1) is 12.7. The molecule has 3 heterocycles. The molecule has 0 bridgehead atoms. The zero-order valence-corrected chi connectivity index (χ0v) is 14.7. The number of carbonyl (C=O) groups excluding carboxylic acids is 1. The molecule has 1 aliphatic heterocycles. The zero-order valence-electron chi connectivity index (χ0n) is 14.7. The molecule has 7 heteroatoms. The highest BCUT2D eigenvalue weighted by Gasteiger charge is 2.24. The smallest absolute Gasteiger partial charge is 0.257 e. The van der Waals surface area contributed by atoms with Crippen molar-refractivity contribution in [3.8, 4) is 0 Å². The van der Waals surface area contributed by atoms with Crippen molar-refractivity contribution in [2.24, 2.45) is 5.92 Å². The lowest BCUT2D eigenvalue weighted by molar-refractivity contribution is 0.0736. The summed E-state index contributed by atoms with van der Waals surface area (Å²) in [5.74, 6) is 0.871. The van der Waals surface area contributed by atoms with E-state index in [9.17, 15) is 4.79 Å². The monoisotopic (exact) mass is 351 g/mol. The third kappa shape index (κ3) is 3.57. The largest absolute Gasteiger partial charge is 0.379 e. The van der Waals surface area contributed by atoms with Gasteiger partial charge in [-0.25, -0.2) is 9.97 Å². The number of aromatic amines is 1. The molecule has 0 radical (unpaired) electrons. The first-order valence-corrected chi connectivity index (χ1v) is 8.77. The maximum absolute atomic E-state index is 12.8. The highest BCUT2D eigenvalue weighted by molar-refractivity contribution is 5.93. The quantitative estimate of drug-likeness (QED) is 0.780. The molecular weight excluding hydrogens is 330 g/mol. The highest BCUT2D eigenvalue weighted by Crippen LogP contribution is 2.19. The Morgan fingerprint density at radius 1 is 1.31 bits per heavy atom. The van der Waals surface area contributed by atoms with Crippen LogP contribution in [-0.4, -0.2) is 57.3 Å². The lowest BCUT2D eigenvalue weighted by Crippen LogP contribution is -2.36. The van der Waals surface area contributed by atoms with Crippen LogP contribution in [0.15, 0.2) is 36.8 Å². The fraction of sp³-hybridized carbons (Fsp3) is 0.368. The normalized spacial score (nSPS) is 18.0. The van der Waals surface area contributed by atoms with Gasteiger partial charge in [0.2, 0.25) is 0 Å². The molecule has 1 N–H and O–H groups in total. The molecule has 1 aromatic carbocycles. The molecule has 1 aliphatic rings. The molecule has 4 rings (SSSR count). The molecule has 1 fully saturated rings. The van der Waals surface area contributed by atoms with E-state index >= 15 is 0 Å². The second-order valence-corrected chi connectivity index (χ2v) is 6.71. The Morgan fingerprint density at radius 2 is 2.15 bits per heavy atom. The molecule has 0 unspecified atom stereocenters. The molecule has 1 atom stereocenters. The van der Waals surface area contributed by atoms with E-state index in [2.05, 4.69) is 32.3 Å². The minimum absolute atomic E-state index is 0.0363. The summed E-state index contributed by atoms with van der Waals surface area (Å²) in [5, 5.41) is 8.13. The lowest BCUT2D eigenvalue weighted by Gasteiger charge is -2.23. The molecule has 2 aromatic heterocycles. The number of amides is 1. The van der Waals surface area contributed by atoms with Gasteiger partial charge in [-0.05, 0) is 31.0 Å².